The first kappa shape index (κ1) is 15.4. The van der Waals surface area contributed by atoms with Gasteiger partial charge in [-0.25, -0.2) is 4.79 Å². The molecule has 0 radical (unpaired) electrons. The zero-order valence-electron chi connectivity index (χ0n) is 12.6. The van der Waals surface area contributed by atoms with Crippen LogP contribution >= 0.6 is 11.6 Å². The van der Waals surface area contributed by atoms with E-state index >= 15 is 0 Å². The lowest BCUT2D eigenvalue weighted by Gasteiger charge is -2.36. The molecule has 6 heteroatoms. The number of hydrogen-bond donors (Lipinski definition) is 1. The number of carbonyl (C=O) groups excluding carboxylic acids is 1. The molecule has 2 heterocycles. The van der Waals surface area contributed by atoms with Crippen molar-refractivity contribution in [2.24, 2.45) is 0 Å². The van der Waals surface area contributed by atoms with Crippen LogP contribution in [-0.4, -0.2) is 56.4 Å². The maximum atomic E-state index is 12.2. The lowest BCUT2D eigenvalue weighted by molar-refractivity contribution is 0.108. The molecule has 22 heavy (non-hydrogen) atoms. The van der Waals surface area contributed by atoms with Gasteiger partial charge in [-0.1, -0.05) is 11.6 Å². The highest BCUT2D eigenvalue weighted by Gasteiger charge is 2.22. The average molecular weight is 324 g/mol. The van der Waals surface area contributed by atoms with Gasteiger partial charge in [-0.3, -0.25) is 0 Å². The van der Waals surface area contributed by atoms with Gasteiger partial charge >= 0.3 is 6.03 Å². The zero-order valence-corrected chi connectivity index (χ0v) is 13.4. The van der Waals surface area contributed by atoms with Gasteiger partial charge in [0.15, 0.2) is 0 Å². The summed E-state index contributed by atoms with van der Waals surface area (Å²) in [5.74, 6) is 0. The Morgan fingerprint density at radius 3 is 2.59 bits per heavy atom. The summed E-state index contributed by atoms with van der Waals surface area (Å²) < 4.78 is 5.52. The third kappa shape index (κ3) is 3.84. The maximum absolute atomic E-state index is 12.2. The predicted octanol–water partition coefficient (Wildman–Crippen LogP) is 2.35. The van der Waals surface area contributed by atoms with Crippen molar-refractivity contribution in [1.82, 2.24) is 10.2 Å². The minimum Gasteiger partial charge on any atom is -0.376 e. The first-order chi connectivity index (χ1) is 10.7. The fraction of sp³-hybridized carbons (Fsp3) is 0.562. The molecule has 3 rings (SSSR count). The molecule has 2 amide bonds. The summed E-state index contributed by atoms with van der Waals surface area (Å²) in [5.41, 5.74) is 1.16. The van der Waals surface area contributed by atoms with Crippen LogP contribution in [-0.2, 0) is 4.74 Å². The van der Waals surface area contributed by atoms with Crippen LogP contribution in [0.4, 0.5) is 10.5 Å². The van der Waals surface area contributed by atoms with Gasteiger partial charge in [0, 0.05) is 50.0 Å². The third-order valence-electron chi connectivity index (χ3n) is 4.26. The van der Waals surface area contributed by atoms with E-state index in [1.165, 1.54) is 0 Å². The maximum Gasteiger partial charge on any atom is 0.317 e. The largest absolute Gasteiger partial charge is 0.376 e. The first-order valence-electron chi connectivity index (χ1n) is 7.87. The lowest BCUT2D eigenvalue weighted by Crippen LogP contribution is -2.52. The Balaban J connectivity index is 1.44. The zero-order chi connectivity index (χ0) is 15.4. The SMILES string of the molecule is O=C(NCC1CCCO1)N1CCN(c2ccc(Cl)cc2)CC1. The average Bonchev–Trinajstić information content (AvgIpc) is 3.07. The van der Waals surface area contributed by atoms with Crippen LogP contribution in [0.3, 0.4) is 0 Å². The molecule has 2 aliphatic rings. The fourth-order valence-corrected chi connectivity index (χ4v) is 3.06. The number of nitrogens with one attached hydrogen (secondary N) is 1. The van der Waals surface area contributed by atoms with E-state index in [1.54, 1.807) is 0 Å². The van der Waals surface area contributed by atoms with Crippen molar-refractivity contribution in [3.63, 3.8) is 0 Å². The molecule has 2 saturated heterocycles. The van der Waals surface area contributed by atoms with Crippen molar-refractivity contribution >= 4 is 23.3 Å². The highest BCUT2D eigenvalue weighted by atomic mass is 35.5. The van der Waals surface area contributed by atoms with Crippen LogP contribution in [0.2, 0.25) is 5.02 Å². The van der Waals surface area contributed by atoms with Gasteiger partial charge in [-0.2, -0.15) is 0 Å². The number of hydrogen-bond acceptors (Lipinski definition) is 3. The van der Waals surface area contributed by atoms with Gasteiger partial charge in [0.05, 0.1) is 6.10 Å². The summed E-state index contributed by atoms with van der Waals surface area (Å²) in [6.45, 7) is 4.60. The van der Waals surface area contributed by atoms with Gasteiger partial charge in [0.25, 0.3) is 0 Å². The highest BCUT2D eigenvalue weighted by Crippen LogP contribution is 2.19. The molecule has 1 atom stereocenters. The number of amides is 2. The van der Waals surface area contributed by atoms with Crippen LogP contribution in [0.1, 0.15) is 12.8 Å². The minimum absolute atomic E-state index is 0.0197. The second-order valence-corrected chi connectivity index (χ2v) is 6.21. The van der Waals surface area contributed by atoms with Crippen molar-refractivity contribution in [3.05, 3.63) is 29.3 Å². The molecular formula is C16H22ClN3O2. The number of urea groups is 1. The highest BCUT2D eigenvalue weighted by molar-refractivity contribution is 6.30. The molecule has 120 valence electrons. The normalized spacial score (nSPS) is 22.0. The molecule has 5 nitrogen and oxygen atoms in total. The van der Waals surface area contributed by atoms with Crippen molar-refractivity contribution in [1.29, 1.82) is 0 Å². The summed E-state index contributed by atoms with van der Waals surface area (Å²) in [5, 5.41) is 3.73. The molecule has 0 saturated carbocycles. The molecule has 1 aromatic rings. The summed E-state index contributed by atoms with van der Waals surface area (Å²) >= 11 is 5.91. The van der Waals surface area contributed by atoms with E-state index < -0.39 is 0 Å². The first-order valence-corrected chi connectivity index (χ1v) is 8.25. The van der Waals surface area contributed by atoms with Gasteiger partial charge in [0.1, 0.15) is 0 Å². The summed E-state index contributed by atoms with van der Waals surface area (Å²) in [7, 11) is 0. The molecule has 0 aromatic heterocycles. The van der Waals surface area contributed by atoms with Crippen LogP contribution < -0.4 is 10.2 Å². The molecule has 2 fully saturated rings. The van der Waals surface area contributed by atoms with E-state index in [1.807, 2.05) is 29.2 Å². The minimum atomic E-state index is 0.0197. The quantitative estimate of drug-likeness (QED) is 0.928. The van der Waals surface area contributed by atoms with Crippen LogP contribution in [0.25, 0.3) is 0 Å². The molecule has 1 unspecified atom stereocenters. The molecule has 0 bridgehead atoms. The Morgan fingerprint density at radius 2 is 1.95 bits per heavy atom. The molecule has 2 aliphatic heterocycles. The van der Waals surface area contributed by atoms with Crippen LogP contribution in [0, 0.1) is 0 Å². The Kier molecular flexibility index (Phi) is 5.05. The number of halogens is 1. The number of ether oxygens (including phenoxy) is 1. The third-order valence-corrected chi connectivity index (χ3v) is 4.52. The Morgan fingerprint density at radius 1 is 1.23 bits per heavy atom. The molecule has 0 spiro atoms. The van der Waals surface area contributed by atoms with Crippen molar-refractivity contribution in [2.75, 3.05) is 44.2 Å². The van der Waals surface area contributed by atoms with Crippen molar-refractivity contribution < 1.29 is 9.53 Å². The van der Waals surface area contributed by atoms with Gasteiger partial charge in [-0.15, -0.1) is 0 Å². The Labute approximate surface area is 136 Å². The molecule has 0 aliphatic carbocycles. The topological polar surface area (TPSA) is 44.8 Å². The number of benzene rings is 1. The van der Waals surface area contributed by atoms with E-state index in [0.29, 0.717) is 6.54 Å². The van der Waals surface area contributed by atoms with E-state index in [4.69, 9.17) is 16.3 Å². The number of piperazine rings is 1. The standard InChI is InChI=1S/C16H22ClN3O2/c17-13-3-5-14(6-4-13)19-7-9-20(10-8-19)16(21)18-12-15-2-1-11-22-15/h3-6,15H,1-2,7-12H2,(H,18,21). The molecule has 1 aromatic carbocycles. The van der Waals surface area contributed by atoms with E-state index in [2.05, 4.69) is 10.2 Å². The van der Waals surface area contributed by atoms with Crippen LogP contribution in [0.5, 0.6) is 0 Å². The van der Waals surface area contributed by atoms with Gasteiger partial charge in [0.2, 0.25) is 0 Å². The Bertz CT molecular complexity index is 495. The monoisotopic (exact) mass is 323 g/mol. The van der Waals surface area contributed by atoms with E-state index in [9.17, 15) is 4.79 Å². The van der Waals surface area contributed by atoms with Crippen molar-refractivity contribution in [2.45, 2.75) is 18.9 Å². The predicted molar refractivity (Wildman–Crippen MR) is 87.6 cm³/mol. The number of carbonyl (C=O) groups is 1. The number of nitrogens with zero attached hydrogens (tertiary/aromatic N) is 2. The van der Waals surface area contributed by atoms with E-state index in [0.717, 1.165) is 56.3 Å². The smallest absolute Gasteiger partial charge is 0.317 e. The van der Waals surface area contributed by atoms with Gasteiger partial charge in [-0.05, 0) is 37.1 Å². The summed E-state index contributed by atoms with van der Waals surface area (Å²) in [6.07, 6.45) is 2.34. The summed E-state index contributed by atoms with van der Waals surface area (Å²) in [4.78, 5) is 16.3. The number of anilines is 1. The van der Waals surface area contributed by atoms with Crippen molar-refractivity contribution in [3.8, 4) is 0 Å². The second kappa shape index (κ2) is 7.20. The Hall–Kier alpha value is -1.46. The molecular weight excluding hydrogens is 302 g/mol. The van der Waals surface area contributed by atoms with E-state index in [-0.39, 0.29) is 12.1 Å². The van der Waals surface area contributed by atoms with Gasteiger partial charge < -0.3 is 19.9 Å². The number of rotatable bonds is 3. The summed E-state index contributed by atoms with van der Waals surface area (Å²) in [6, 6.07) is 7.87. The molecule has 1 N–H and O–H groups in total. The second-order valence-electron chi connectivity index (χ2n) is 5.77. The lowest BCUT2D eigenvalue weighted by atomic mass is 10.2. The fourth-order valence-electron chi connectivity index (χ4n) is 2.94. The van der Waals surface area contributed by atoms with Crippen LogP contribution in [0.15, 0.2) is 24.3 Å².